The molecule has 0 bridgehead atoms. The molecular weight excluding hydrogens is 320 g/mol. The second-order valence-electron chi connectivity index (χ2n) is 6.75. The van der Waals surface area contributed by atoms with E-state index in [1.807, 2.05) is 0 Å². The van der Waals surface area contributed by atoms with E-state index in [0.717, 1.165) is 32.1 Å². The predicted octanol–water partition coefficient (Wildman–Crippen LogP) is 3.54. The maximum Gasteiger partial charge on any atom is 0.191 e. The number of nitrogens with zero attached hydrogens (tertiary/aromatic N) is 2. The van der Waals surface area contributed by atoms with Crippen LogP contribution in [0, 0.1) is 13.8 Å². The van der Waals surface area contributed by atoms with Gasteiger partial charge in [0.05, 0.1) is 0 Å². The fourth-order valence-electron chi connectivity index (χ4n) is 3.14. The van der Waals surface area contributed by atoms with Crippen LogP contribution in [0.4, 0.5) is 5.69 Å². The average Bonchev–Trinajstić information content (AvgIpc) is 3.18. The summed E-state index contributed by atoms with van der Waals surface area (Å²) in [5.41, 5.74) is 6.41. The number of rotatable bonds is 5. The van der Waals surface area contributed by atoms with Gasteiger partial charge in [-0.25, -0.2) is 0 Å². The lowest BCUT2D eigenvalue weighted by Gasteiger charge is -2.18. The first kappa shape index (κ1) is 18.1. The van der Waals surface area contributed by atoms with E-state index >= 15 is 0 Å². The minimum absolute atomic E-state index is 0.755. The highest BCUT2D eigenvalue weighted by molar-refractivity contribution is 5.79. The van der Waals surface area contributed by atoms with Gasteiger partial charge in [-0.15, -0.1) is 0 Å². The summed E-state index contributed by atoms with van der Waals surface area (Å²) in [5.74, 6) is 0.817. The molecule has 0 aromatic heterocycles. The van der Waals surface area contributed by atoms with Crippen LogP contribution < -0.4 is 15.5 Å². The molecule has 0 atom stereocenters. The summed E-state index contributed by atoms with van der Waals surface area (Å²) < 4.78 is 0. The Morgan fingerprint density at radius 1 is 0.962 bits per heavy atom. The molecule has 0 saturated carbocycles. The van der Waals surface area contributed by atoms with Crippen molar-refractivity contribution in [3.8, 4) is 0 Å². The third-order valence-electron chi connectivity index (χ3n) is 4.75. The monoisotopic (exact) mass is 348 g/mol. The van der Waals surface area contributed by atoms with Crippen LogP contribution in [0.2, 0.25) is 0 Å². The maximum absolute atomic E-state index is 4.32. The highest BCUT2D eigenvalue weighted by atomic mass is 15.2. The van der Waals surface area contributed by atoms with Crippen molar-refractivity contribution < 1.29 is 0 Å². The molecule has 0 aliphatic carbocycles. The molecule has 26 heavy (non-hydrogen) atoms. The Morgan fingerprint density at radius 3 is 2.31 bits per heavy atom. The molecule has 2 aromatic rings. The molecular formula is C22H28N4. The van der Waals surface area contributed by atoms with Gasteiger partial charge in [0.1, 0.15) is 0 Å². The van der Waals surface area contributed by atoms with Crippen molar-refractivity contribution in [1.82, 2.24) is 10.6 Å². The summed E-state index contributed by atoms with van der Waals surface area (Å²) in [7, 11) is 1.81. The molecule has 0 amide bonds. The second kappa shape index (κ2) is 8.56. The van der Waals surface area contributed by atoms with Crippen LogP contribution in [-0.2, 0) is 13.1 Å². The maximum atomic E-state index is 4.32. The summed E-state index contributed by atoms with van der Waals surface area (Å²) in [6, 6.07) is 15.3. The van der Waals surface area contributed by atoms with Gasteiger partial charge in [0.2, 0.25) is 0 Å². The average molecular weight is 348 g/mol. The Labute approximate surface area is 156 Å². The molecule has 4 nitrogen and oxygen atoms in total. The molecule has 3 rings (SSSR count). The summed E-state index contributed by atoms with van der Waals surface area (Å²) in [5, 5.41) is 6.78. The number of hydrogen-bond donors (Lipinski definition) is 2. The lowest BCUT2D eigenvalue weighted by molar-refractivity contribution is 0.806. The van der Waals surface area contributed by atoms with Crippen LogP contribution >= 0.6 is 0 Å². The highest BCUT2D eigenvalue weighted by Crippen LogP contribution is 2.17. The van der Waals surface area contributed by atoms with E-state index in [2.05, 4.69) is 89.0 Å². The number of benzene rings is 2. The van der Waals surface area contributed by atoms with E-state index in [-0.39, 0.29) is 0 Å². The van der Waals surface area contributed by atoms with Crippen molar-refractivity contribution in [2.45, 2.75) is 26.9 Å². The SMILES string of the molecule is CN=C(NCc1ccc(N2CC=CC2)cc1)NCc1ccc(C)cc1C. The van der Waals surface area contributed by atoms with Gasteiger partial charge in [0, 0.05) is 38.9 Å². The largest absolute Gasteiger partial charge is 0.364 e. The predicted molar refractivity (Wildman–Crippen MR) is 111 cm³/mol. The third kappa shape index (κ3) is 4.66. The van der Waals surface area contributed by atoms with Gasteiger partial charge >= 0.3 is 0 Å². The van der Waals surface area contributed by atoms with E-state index in [1.165, 1.54) is 27.9 Å². The van der Waals surface area contributed by atoms with E-state index in [1.54, 1.807) is 7.05 Å². The summed E-state index contributed by atoms with van der Waals surface area (Å²) in [6.07, 6.45) is 4.42. The zero-order valence-electron chi connectivity index (χ0n) is 15.9. The Kier molecular flexibility index (Phi) is 5.95. The zero-order chi connectivity index (χ0) is 18.4. The highest BCUT2D eigenvalue weighted by Gasteiger charge is 2.07. The summed E-state index contributed by atoms with van der Waals surface area (Å²) in [6.45, 7) is 7.81. The Bertz CT molecular complexity index is 782. The second-order valence-corrected chi connectivity index (χ2v) is 6.75. The van der Waals surface area contributed by atoms with Gasteiger partial charge in [-0.2, -0.15) is 0 Å². The summed E-state index contributed by atoms with van der Waals surface area (Å²) in [4.78, 5) is 6.67. The first-order chi connectivity index (χ1) is 12.7. The molecule has 136 valence electrons. The van der Waals surface area contributed by atoms with Gasteiger partial charge in [-0.05, 0) is 42.7 Å². The van der Waals surface area contributed by atoms with Gasteiger partial charge in [0.25, 0.3) is 0 Å². The molecule has 0 saturated heterocycles. The van der Waals surface area contributed by atoms with Crippen molar-refractivity contribution in [1.29, 1.82) is 0 Å². The van der Waals surface area contributed by atoms with Crippen LogP contribution in [0.15, 0.2) is 59.6 Å². The van der Waals surface area contributed by atoms with Crippen LogP contribution in [0.25, 0.3) is 0 Å². The fraction of sp³-hybridized carbons (Fsp3) is 0.318. The first-order valence-corrected chi connectivity index (χ1v) is 9.15. The van der Waals surface area contributed by atoms with Crippen molar-refractivity contribution in [2.75, 3.05) is 25.0 Å². The molecule has 1 aliphatic heterocycles. The number of aliphatic imine (C=N–C) groups is 1. The van der Waals surface area contributed by atoms with Crippen LogP contribution in [0.3, 0.4) is 0 Å². The van der Waals surface area contributed by atoms with Gasteiger partial charge in [-0.3, -0.25) is 4.99 Å². The lowest BCUT2D eigenvalue weighted by Crippen LogP contribution is -2.36. The standard InChI is InChI=1S/C22H28N4/c1-17-6-9-20(18(2)14-17)16-25-22(23-3)24-15-19-7-10-21(11-8-19)26-12-4-5-13-26/h4-11,14H,12-13,15-16H2,1-3H3,(H2,23,24,25). The summed E-state index contributed by atoms with van der Waals surface area (Å²) >= 11 is 0. The van der Waals surface area contributed by atoms with Crippen LogP contribution in [0.5, 0.6) is 0 Å². The zero-order valence-corrected chi connectivity index (χ0v) is 15.9. The molecule has 0 fully saturated rings. The van der Waals surface area contributed by atoms with Gasteiger partial charge in [0.15, 0.2) is 5.96 Å². The number of aryl methyl sites for hydroxylation is 2. The van der Waals surface area contributed by atoms with Crippen molar-refractivity contribution in [3.05, 3.63) is 76.9 Å². The number of nitrogens with one attached hydrogen (secondary N) is 2. The van der Waals surface area contributed by atoms with Gasteiger partial charge < -0.3 is 15.5 Å². The third-order valence-corrected chi connectivity index (χ3v) is 4.75. The van der Waals surface area contributed by atoms with Crippen molar-refractivity contribution in [3.63, 3.8) is 0 Å². The molecule has 4 heteroatoms. The quantitative estimate of drug-likeness (QED) is 0.493. The van der Waals surface area contributed by atoms with E-state index < -0.39 is 0 Å². The topological polar surface area (TPSA) is 39.7 Å². The van der Waals surface area contributed by atoms with E-state index in [9.17, 15) is 0 Å². The molecule has 0 unspecified atom stereocenters. The molecule has 0 radical (unpaired) electrons. The minimum Gasteiger partial charge on any atom is -0.364 e. The number of anilines is 1. The number of guanidine groups is 1. The van der Waals surface area contributed by atoms with Crippen molar-refractivity contribution in [2.24, 2.45) is 4.99 Å². The fourth-order valence-corrected chi connectivity index (χ4v) is 3.14. The lowest BCUT2D eigenvalue weighted by atomic mass is 10.1. The van der Waals surface area contributed by atoms with Crippen LogP contribution in [0.1, 0.15) is 22.3 Å². The van der Waals surface area contributed by atoms with Gasteiger partial charge in [-0.1, -0.05) is 48.0 Å². The van der Waals surface area contributed by atoms with Crippen LogP contribution in [-0.4, -0.2) is 26.1 Å². The van der Waals surface area contributed by atoms with E-state index in [4.69, 9.17) is 0 Å². The Balaban J connectivity index is 1.50. The smallest absolute Gasteiger partial charge is 0.191 e. The first-order valence-electron chi connectivity index (χ1n) is 9.15. The Morgan fingerprint density at radius 2 is 1.65 bits per heavy atom. The molecule has 2 N–H and O–H groups in total. The number of hydrogen-bond acceptors (Lipinski definition) is 2. The molecule has 2 aromatic carbocycles. The molecule has 0 spiro atoms. The molecule has 1 aliphatic rings. The Hall–Kier alpha value is -2.75. The normalized spacial score (nSPS) is 14.0. The molecule has 1 heterocycles. The van der Waals surface area contributed by atoms with Crippen molar-refractivity contribution >= 4 is 11.6 Å². The van der Waals surface area contributed by atoms with E-state index in [0.29, 0.717) is 0 Å². The minimum atomic E-state index is 0.755.